The quantitative estimate of drug-likeness (QED) is 0.259. The molecule has 6 nitrogen and oxygen atoms in total. The van der Waals surface area contributed by atoms with Crippen LogP contribution >= 0.6 is 0 Å². The third kappa shape index (κ3) is 7.09. The van der Waals surface area contributed by atoms with Crippen LogP contribution in [-0.4, -0.2) is 30.8 Å². The molecule has 1 aromatic heterocycles. The number of anilines is 2. The molecule has 0 amide bonds. The standard InChI is InChI=1S/C24H22F4N2O4/c1-2-32-22(31)12-16-5-7-18(8-6-16)30(15-17-4-3-11-29-14-17)19-9-10-20(33-23(25)26)21(13-19)34-24(27)28/h3-11,13-14,23-24H,2,12,15H2,1H3. The number of carbonyl (C=O) groups excluding carboxylic acids is 1. The molecular formula is C24H22F4N2O4. The van der Waals surface area contributed by atoms with Crippen molar-refractivity contribution in [3.63, 3.8) is 0 Å². The van der Waals surface area contributed by atoms with E-state index in [4.69, 9.17) is 4.74 Å². The summed E-state index contributed by atoms with van der Waals surface area (Å²) in [4.78, 5) is 17.6. The number of benzene rings is 2. The minimum Gasteiger partial charge on any atom is -0.466 e. The molecule has 0 atom stereocenters. The number of carbonyl (C=O) groups is 1. The zero-order valence-corrected chi connectivity index (χ0v) is 18.2. The number of rotatable bonds is 11. The third-order valence-electron chi connectivity index (χ3n) is 4.64. The van der Waals surface area contributed by atoms with Crippen LogP contribution < -0.4 is 14.4 Å². The zero-order valence-electron chi connectivity index (χ0n) is 18.2. The van der Waals surface area contributed by atoms with Crippen molar-refractivity contribution in [2.24, 2.45) is 0 Å². The highest BCUT2D eigenvalue weighted by Gasteiger charge is 2.19. The maximum atomic E-state index is 12.9. The summed E-state index contributed by atoms with van der Waals surface area (Å²) in [6.45, 7) is -4.15. The van der Waals surface area contributed by atoms with Crippen LogP contribution in [0.2, 0.25) is 0 Å². The van der Waals surface area contributed by atoms with E-state index in [0.29, 0.717) is 11.4 Å². The third-order valence-corrected chi connectivity index (χ3v) is 4.64. The lowest BCUT2D eigenvalue weighted by atomic mass is 10.1. The van der Waals surface area contributed by atoms with Crippen LogP contribution in [-0.2, 0) is 22.5 Å². The molecule has 0 saturated heterocycles. The van der Waals surface area contributed by atoms with Gasteiger partial charge in [-0.15, -0.1) is 0 Å². The molecular weight excluding hydrogens is 456 g/mol. The lowest BCUT2D eigenvalue weighted by Gasteiger charge is -2.26. The second-order valence-electron chi connectivity index (χ2n) is 6.98. The molecule has 2 aromatic carbocycles. The fourth-order valence-electron chi connectivity index (χ4n) is 3.22. The Hall–Kier alpha value is -3.82. The smallest absolute Gasteiger partial charge is 0.387 e. The first-order valence-corrected chi connectivity index (χ1v) is 10.3. The summed E-state index contributed by atoms with van der Waals surface area (Å²) in [6, 6.07) is 14.4. The molecule has 0 fully saturated rings. The maximum absolute atomic E-state index is 12.9. The van der Waals surface area contributed by atoms with Crippen LogP contribution in [0.25, 0.3) is 0 Å². The fourth-order valence-corrected chi connectivity index (χ4v) is 3.22. The van der Waals surface area contributed by atoms with Crippen molar-refractivity contribution in [1.82, 2.24) is 4.98 Å². The van der Waals surface area contributed by atoms with Crippen LogP contribution in [0.1, 0.15) is 18.1 Å². The number of nitrogens with zero attached hydrogens (tertiary/aromatic N) is 2. The van der Waals surface area contributed by atoms with Gasteiger partial charge >= 0.3 is 19.2 Å². The molecule has 0 N–H and O–H groups in total. The molecule has 10 heteroatoms. The zero-order chi connectivity index (χ0) is 24.5. The normalized spacial score (nSPS) is 10.9. The molecule has 0 saturated carbocycles. The summed E-state index contributed by atoms with van der Waals surface area (Å²) in [5.41, 5.74) is 2.58. The van der Waals surface area contributed by atoms with Crippen molar-refractivity contribution in [2.45, 2.75) is 33.1 Å². The lowest BCUT2D eigenvalue weighted by molar-refractivity contribution is -0.142. The van der Waals surface area contributed by atoms with Crippen molar-refractivity contribution in [2.75, 3.05) is 11.5 Å². The van der Waals surface area contributed by atoms with Gasteiger partial charge in [-0.05, 0) is 48.4 Å². The molecule has 0 bridgehead atoms. The molecule has 1 heterocycles. The van der Waals surface area contributed by atoms with Crippen molar-refractivity contribution in [1.29, 1.82) is 0 Å². The second kappa shape index (κ2) is 11.9. The first-order valence-electron chi connectivity index (χ1n) is 10.3. The molecule has 0 radical (unpaired) electrons. The van der Waals surface area contributed by atoms with Crippen LogP contribution in [0.4, 0.5) is 28.9 Å². The van der Waals surface area contributed by atoms with Gasteiger partial charge in [0.1, 0.15) is 0 Å². The average Bonchev–Trinajstić information content (AvgIpc) is 2.79. The van der Waals surface area contributed by atoms with Crippen molar-refractivity contribution >= 4 is 17.3 Å². The molecule has 0 aliphatic rings. The number of esters is 1. The van der Waals surface area contributed by atoms with Crippen molar-refractivity contribution in [3.8, 4) is 11.5 Å². The largest absolute Gasteiger partial charge is 0.466 e. The number of pyridine rings is 1. The summed E-state index contributed by atoms with van der Waals surface area (Å²) >= 11 is 0. The first kappa shape index (κ1) is 24.8. The Bertz CT molecular complexity index is 1070. The Morgan fingerprint density at radius 3 is 2.21 bits per heavy atom. The minimum atomic E-state index is -3.23. The molecule has 0 unspecified atom stereocenters. The van der Waals surface area contributed by atoms with E-state index in [9.17, 15) is 22.4 Å². The van der Waals surface area contributed by atoms with E-state index < -0.39 is 24.7 Å². The summed E-state index contributed by atoms with van der Waals surface area (Å²) in [6.07, 6.45) is 3.36. The van der Waals surface area contributed by atoms with E-state index >= 15 is 0 Å². The number of ether oxygens (including phenoxy) is 3. The van der Waals surface area contributed by atoms with Gasteiger partial charge in [0.15, 0.2) is 11.5 Å². The highest BCUT2D eigenvalue weighted by molar-refractivity contribution is 5.73. The predicted molar refractivity (Wildman–Crippen MR) is 117 cm³/mol. The maximum Gasteiger partial charge on any atom is 0.387 e. The van der Waals surface area contributed by atoms with Gasteiger partial charge in [-0.25, -0.2) is 0 Å². The van der Waals surface area contributed by atoms with E-state index in [1.165, 1.54) is 12.1 Å². The highest BCUT2D eigenvalue weighted by atomic mass is 19.3. The molecule has 0 spiro atoms. The average molecular weight is 478 g/mol. The van der Waals surface area contributed by atoms with Gasteiger partial charge in [0, 0.05) is 36.4 Å². The van der Waals surface area contributed by atoms with E-state index in [2.05, 4.69) is 14.5 Å². The highest BCUT2D eigenvalue weighted by Crippen LogP contribution is 2.37. The Morgan fingerprint density at radius 1 is 0.912 bits per heavy atom. The van der Waals surface area contributed by atoms with E-state index in [1.54, 1.807) is 54.5 Å². The Balaban J connectivity index is 1.97. The molecule has 180 valence electrons. The predicted octanol–water partition coefficient (Wildman–Crippen LogP) is 5.73. The van der Waals surface area contributed by atoms with Gasteiger partial charge in [0.25, 0.3) is 0 Å². The summed E-state index contributed by atoms with van der Waals surface area (Å²) in [7, 11) is 0. The summed E-state index contributed by atoms with van der Waals surface area (Å²) in [5.74, 6) is -1.39. The molecule has 3 aromatic rings. The van der Waals surface area contributed by atoms with Crippen LogP contribution in [0.3, 0.4) is 0 Å². The molecule has 34 heavy (non-hydrogen) atoms. The van der Waals surface area contributed by atoms with Crippen LogP contribution in [0.5, 0.6) is 11.5 Å². The Labute approximate surface area is 193 Å². The number of aromatic nitrogens is 1. The van der Waals surface area contributed by atoms with E-state index in [1.807, 2.05) is 6.07 Å². The van der Waals surface area contributed by atoms with Crippen LogP contribution in [0.15, 0.2) is 67.0 Å². The summed E-state index contributed by atoms with van der Waals surface area (Å²) in [5, 5.41) is 0. The van der Waals surface area contributed by atoms with Crippen molar-refractivity contribution < 1.29 is 36.6 Å². The topological polar surface area (TPSA) is 60.9 Å². The monoisotopic (exact) mass is 478 g/mol. The summed E-state index contributed by atoms with van der Waals surface area (Å²) < 4.78 is 65.0. The first-order chi connectivity index (χ1) is 16.4. The van der Waals surface area contributed by atoms with Gasteiger partial charge in [0.05, 0.1) is 13.0 Å². The molecule has 0 aliphatic carbocycles. The van der Waals surface area contributed by atoms with E-state index in [0.717, 1.165) is 17.2 Å². The molecule has 3 rings (SSSR count). The van der Waals surface area contributed by atoms with Gasteiger partial charge in [0.2, 0.25) is 0 Å². The van der Waals surface area contributed by atoms with Gasteiger partial charge in [-0.3, -0.25) is 9.78 Å². The number of hydrogen-bond acceptors (Lipinski definition) is 6. The Kier molecular flexibility index (Phi) is 8.66. The minimum absolute atomic E-state index is 0.1000. The SMILES string of the molecule is CCOC(=O)Cc1ccc(N(Cc2cccnc2)c2ccc(OC(F)F)c(OC(F)F)c2)cc1. The number of alkyl halides is 4. The van der Waals surface area contributed by atoms with Gasteiger partial charge in [-0.1, -0.05) is 18.2 Å². The van der Waals surface area contributed by atoms with Gasteiger partial charge in [-0.2, -0.15) is 17.6 Å². The van der Waals surface area contributed by atoms with E-state index in [-0.39, 0.29) is 25.5 Å². The number of halogens is 4. The van der Waals surface area contributed by atoms with Crippen molar-refractivity contribution in [3.05, 3.63) is 78.1 Å². The second-order valence-corrected chi connectivity index (χ2v) is 6.98. The van der Waals surface area contributed by atoms with Gasteiger partial charge < -0.3 is 19.1 Å². The lowest BCUT2D eigenvalue weighted by Crippen LogP contribution is -2.17. The number of hydrogen-bond donors (Lipinski definition) is 0. The Morgan fingerprint density at radius 2 is 1.59 bits per heavy atom. The molecule has 0 aliphatic heterocycles. The van der Waals surface area contributed by atoms with Crippen LogP contribution in [0, 0.1) is 0 Å². The fraction of sp³-hybridized carbons (Fsp3) is 0.250.